The number of hydrogen-bond acceptors (Lipinski definition) is 2. The van der Waals surface area contributed by atoms with E-state index in [4.69, 9.17) is 0 Å². The fourth-order valence-corrected chi connectivity index (χ4v) is 6.00. The number of aryl methyl sites for hydroxylation is 1. The van der Waals surface area contributed by atoms with Gasteiger partial charge >= 0.3 is 0 Å². The number of piperidine rings is 1. The molecule has 118 valence electrons. The van der Waals surface area contributed by atoms with Crippen molar-refractivity contribution >= 4 is 5.69 Å². The van der Waals surface area contributed by atoms with E-state index in [2.05, 4.69) is 35.3 Å². The van der Waals surface area contributed by atoms with Crippen molar-refractivity contribution in [3.8, 4) is 0 Å². The molecule has 1 N–H and O–H groups in total. The Labute approximate surface area is 134 Å². The molecule has 22 heavy (non-hydrogen) atoms. The minimum Gasteiger partial charge on any atom is -0.384 e. The van der Waals surface area contributed by atoms with Crippen molar-refractivity contribution in [1.29, 1.82) is 0 Å². The summed E-state index contributed by atoms with van der Waals surface area (Å²) in [5.41, 5.74) is 4.85. The molecule has 2 bridgehead atoms. The van der Waals surface area contributed by atoms with Crippen LogP contribution in [0.5, 0.6) is 0 Å². The van der Waals surface area contributed by atoms with Crippen LogP contribution in [0.15, 0.2) is 18.2 Å². The quantitative estimate of drug-likeness (QED) is 0.844. The summed E-state index contributed by atoms with van der Waals surface area (Å²) in [6.45, 7) is 6.04. The Morgan fingerprint density at radius 3 is 2.73 bits per heavy atom. The summed E-state index contributed by atoms with van der Waals surface area (Å²) in [6, 6.07) is 7.92. The van der Waals surface area contributed by atoms with Crippen LogP contribution in [0, 0.1) is 18.8 Å². The van der Waals surface area contributed by atoms with E-state index in [0.29, 0.717) is 5.41 Å². The third-order valence-electron chi connectivity index (χ3n) is 7.29. The van der Waals surface area contributed by atoms with Crippen LogP contribution in [0.2, 0.25) is 0 Å². The number of benzene rings is 1. The molecule has 1 saturated heterocycles. The van der Waals surface area contributed by atoms with Crippen LogP contribution in [0.1, 0.15) is 49.7 Å². The highest BCUT2D eigenvalue weighted by Gasteiger charge is 2.46. The lowest BCUT2D eigenvalue weighted by Crippen LogP contribution is -2.49. The fraction of sp³-hybridized carbons (Fsp3) is 0.700. The summed E-state index contributed by atoms with van der Waals surface area (Å²) >= 11 is 0. The summed E-state index contributed by atoms with van der Waals surface area (Å²) in [7, 11) is 0. The predicted molar refractivity (Wildman–Crippen MR) is 91.4 cm³/mol. The lowest BCUT2D eigenvalue weighted by atomic mass is 9.73. The van der Waals surface area contributed by atoms with Gasteiger partial charge in [0, 0.05) is 23.7 Å². The van der Waals surface area contributed by atoms with E-state index in [1.807, 2.05) is 0 Å². The van der Waals surface area contributed by atoms with Crippen molar-refractivity contribution in [3.05, 3.63) is 29.3 Å². The average Bonchev–Trinajstić information content (AvgIpc) is 3.24. The second kappa shape index (κ2) is 4.74. The van der Waals surface area contributed by atoms with E-state index in [1.165, 1.54) is 62.9 Å². The van der Waals surface area contributed by atoms with E-state index < -0.39 is 0 Å². The van der Waals surface area contributed by atoms with Gasteiger partial charge < -0.3 is 10.2 Å². The minimum absolute atomic E-state index is 0.426. The molecule has 3 atom stereocenters. The standard InChI is InChI=1S/C20H28N2/c1-14-2-5-18-17(10-14)20(13-21-18)6-8-22(9-7-20)19-12-15-3-4-16(19)11-15/h2,5,10,15-16,19,21H,3-4,6-9,11-13H2,1H3/t15?,16-,19-/m1/s1. The van der Waals surface area contributed by atoms with Gasteiger partial charge in [0.05, 0.1) is 0 Å². The fourth-order valence-electron chi connectivity index (χ4n) is 6.00. The van der Waals surface area contributed by atoms with Crippen LogP contribution in [-0.4, -0.2) is 30.6 Å². The maximum Gasteiger partial charge on any atom is 0.0379 e. The minimum atomic E-state index is 0.426. The molecule has 1 aromatic carbocycles. The lowest BCUT2D eigenvalue weighted by Gasteiger charge is -2.44. The maximum absolute atomic E-state index is 3.68. The molecule has 1 aromatic rings. The average molecular weight is 296 g/mol. The van der Waals surface area contributed by atoms with E-state index in [9.17, 15) is 0 Å². The first-order valence-electron chi connectivity index (χ1n) is 9.33. The Bertz CT molecular complexity index is 585. The number of anilines is 1. The molecule has 2 saturated carbocycles. The summed E-state index contributed by atoms with van der Waals surface area (Å²) < 4.78 is 0. The molecule has 0 amide bonds. The molecule has 0 aromatic heterocycles. The van der Waals surface area contributed by atoms with Gasteiger partial charge in [-0.05, 0) is 75.6 Å². The number of likely N-dealkylation sites (tertiary alicyclic amines) is 1. The summed E-state index contributed by atoms with van der Waals surface area (Å²) in [5.74, 6) is 2.11. The van der Waals surface area contributed by atoms with E-state index >= 15 is 0 Å². The van der Waals surface area contributed by atoms with Crippen molar-refractivity contribution in [3.63, 3.8) is 0 Å². The molecule has 2 heteroatoms. The zero-order chi connectivity index (χ0) is 14.7. The van der Waals surface area contributed by atoms with Crippen LogP contribution in [0.4, 0.5) is 5.69 Å². The highest BCUT2D eigenvalue weighted by Crippen LogP contribution is 2.49. The third-order valence-corrected chi connectivity index (χ3v) is 7.29. The van der Waals surface area contributed by atoms with Gasteiger partial charge in [-0.25, -0.2) is 0 Å². The maximum atomic E-state index is 3.68. The number of rotatable bonds is 1. The molecule has 2 nitrogen and oxygen atoms in total. The second-order valence-electron chi connectivity index (χ2n) is 8.46. The lowest BCUT2D eigenvalue weighted by molar-refractivity contribution is 0.0887. The van der Waals surface area contributed by atoms with Crippen LogP contribution in [-0.2, 0) is 5.41 Å². The van der Waals surface area contributed by atoms with Gasteiger partial charge in [-0.1, -0.05) is 24.1 Å². The molecule has 3 fully saturated rings. The molecule has 4 aliphatic rings. The molecular formula is C20H28N2. The van der Waals surface area contributed by atoms with Gasteiger partial charge in [0.15, 0.2) is 0 Å². The largest absolute Gasteiger partial charge is 0.384 e. The molecule has 0 radical (unpaired) electrons. The van der Waals surface area contributed by atoms with Crippen LogP contribution >= 0.6 is 0 Å². The zero-order valence-electron chi connectivity index (χ0n) is 13.8. The highest BCUT2D eigenvalue weighted by molar-refractivity contribution is 5.61. The van der Waals surface area contributed by atoms with Crippen molar-refractivity contribution in [2.75, 3.05) is 25.0 Å². The van der Waals surface area contributed by atoms with Crippen molar-refractivity contribution in [1.82, 2.24) is 4.90 Å². The molecule has 2 aliphatic heterocycles. The van der Waals surface area contributed by atoms with E-state index in [1.54, 1.807) is 5.56 Å². The van der Waals surface area contributed by atoms with Gasteiger partial charge in [0.1, 0.15) is 0 Å². The monoisotopic (exact) mass is 296 g/mol. The third kappa shape index (κ3) is 1.89. The molecule has 1 spiro atoms. The Hall–Kier alpha value is -1.02. The van der Waals surface area contributed by atoms with Crippen LogP contribution in [0.25, 0.3) is 0 Å². The predicted octanol–water partition coefficient (Wildman–Crippen LogP) is 3.94. The number of nitrogens with one attached hydrogen (secondary N) is 1. The molecule has 5 rings (SSSR count). The van der Waals surface area contributed by atoms with Gasteiger partial charge in [0.2, 0.25) is 0 Å². The van der Waals surface area contributed by atoms with Crippen LogP contribution < -0.4 is 5.32 Å². The van der Waals surface area contributed by atoms with Crippen molar-refractivity contribution < 1.29 is 0 Å². The first kappa shape index (κ1) is 13.4. The SMILES string of the molecule is Cc1ccc2c(c1)C1(CCN([C@@H]3CC4CC[C@@H]3C4)CC1)CN2. The Kier molecular flexibility index (Phi) is 2.89. The van der Waals surface area contributed by atoms with Crippen molar-refractivity contribution in [2.45, 2.75) is 56.9 Å². The van der Waals surface area contributed by atoms with Gasteiger partial charge in [-0.2, -0.15) is 0 Å². The molecule has 2 heterocycles. The van der Waals surface area contributed by atoms with E-state index in [-0.39, 0.29) is 0 Å². The van der Waals surface area contributed by atoms with Crippen molar-refractivity contribution in [2.24, 2.45) is 11.8 Å². The zero-order valence-corrected chi connectivity index (χ0v) is 13.8. The van der Waals surface area contributed by atoms with Gasteiger partial charge in [-0.3, -0.25) is 0 Å². The van der Waals surface area contributed by atoms with Gasteiger partial charge in [-0.15, -0.1) is 0 Å². The molecule has 2 aliphatic carbocycles. The normalized spacial score (nSPS) is 35.8. The van der Waals surface area contributed by atoms with E-state index in [0.717, 1.165) is 24.4 Å². The topological polar surface area (TPSA) is 15.3 Å². The Balaban J connectivity index is 1.34. The first-order chi connectivity index (χ1) is 10.7. The summed E-state index contributed by atoms with van der Waals surface area (Å²) in [6.07, 6.45) is 8.78. The summed E-state index contributed by atoms with van der Waals surface area (Å²) in [4.78, 5) is 2.86. The number of nitrogens with zero attached hydrogens (tertiary/aromatic N) is 1. The summed E-state index contributed by atoms with van der Waals surface area (Å²) in [5, 5.41) is 3.68. The van der Waals surface area contributed by atoms with Crippen LogP contribution in [0.3, 0.4) is 0 Å². The Morgan fingerprint density at radius 1 is 1.14 bits per heavy atom. The van der Waals surface area contributed by atoms with Gasteiger partial charge in [0.25, 0.3) is 0 Å². The number of hydrogen-bond donors (Lipinski definition) is 1. The molecule has 1 unspecified atom stereocenters. The molecular weight excluding hydrogens is 268 g/mol. The first-order valence-corrected chi connectivity index (χ1v) is 9.33. The second-order valence-corrected chi connectivity index (χ2v) is 8.46. The highest BCUT2D eigenvalue weighted by atomic mass is 15.2. The smallest absolute Gasteiger partial charge is 0.0379 e. The Morgan fingerprint density at radius 2 is 2.00 bits per heavy atom. The number of fused-ring (bicyclic) bond motifs is 4.